The van der Waals surface area contributed by atoms with Crippen molar-refractivity contribution in [3.63, 3.8) is 0 Å². The summed E-state index contributed by atoms with van der Waals surface area (Å²) in [4.78, 5) is 27.1. The van der Waals surface area contributed by atoms with E-state index in [1.165, 1.54) is 12.7 Å². The Bertz CT molecular complexity index is 963. The molecule has 0 unspecified atom stereocenters. The van der Waals surface area contributed by atoms with Gasteiger partial charge in [-0.25, -0.2) is 4.79 Å². The first kappa shape index (κ1) is 23.1. The molecule has 3 aromatic rings. The SMILES string of the molecule is COC(=O)CCN(C(=O)Nc1ccc(C(C)C)cc1)C(c1ccccc1)c1ccccc1. The Kier molecular flexibility index (Phi) is 8.03. The van der Waals surface area contributed by atoms with Gasteiger partial charge in [0.05, 0.1) is 19.6 Å². The molecule has 0 aliphatic rings. The molecule has 32 heavy (non-hydrogen) atoms. The van der Waals surface area contributed by atoms with Crippen LogP contribution in [0.4, 0.5) is 10.5 Å². The highest BCUT2D eigenvalue weighted by Gasteiger charge is 2.27. The minimum Gasteiger partial charge on any atom is -0.469 e. The van der Waals surface area contributed by atoms with Crippen LogP contribution in [0.1, 0.15) is 48.9 Å². The third kappa shape index (κ3) is 5.97. The molecule has 3 rings (SSSR count). The van der Waals surface area contributed by atoms with E-state index in [-0.39, 0.29) is 31.0 Å². The highest BCUT2D eigenvalue weighted by atomic mass is 16.5. The van der Waals surface area contributed by atoms with Crippen LogP contribution in [0.15, 0.2) is 84.9 Å². The zero-order chi connectivity index (χ0) is 22.9. The molecular weight excluding hydrogens is 400 g/mol. The Morgan fingerprint density at radius 3 is 1.81 bits per heavy atom. The van der Waals surface area contributed by atoms with E-state index in [4.69, 9.17) is 4.74 Å². The van der Waals surface area contributed by atoms with Crippen LogP contribution in [-0.4, -0.2) is 30.6 Å². The van der Waals surface area contributed by atoms with Gasteiger partial charge in [-0.3, -0.25) is 4.79 Å². The standard InChI is InChI=1S/C27H30N2O3/c1-20(2)21-14-16-24(17-15-21)28-27(31)29(19-18-25(30)32-3)26(22-10-6-4-7-11-22)23-12-8-5-9-13-23/h4-17,20,26H,18-19H2,1-3H3,(H,28,31). The van der Waals surface area contributed by atoms with Crippen molar-refractivity contribution < 1.29 is 14.3 Å². The summed E-state index contributed by atoms with van der Waals surface area (Å²) in [6.07, 6.45) is 0.104. The van der Waals surface area contributed by atoms with Crippen molar-refractivity contribution in [1.82, 2.24) is 4.90 Å². The number of nitrogens with one attached hydrogen (secondary N) is 1. The summed E-state index contributed by atoms with van der Waals surface area (Å²) in [5, 5.41) is 3.00. The topological polar surface area (TPSA) is 58.6 Å². The van der Waals surface area contributed by atoms with Gasteiger partial charge in [0, 0.05) is 12.2 Å². The van der Waals surface area contributed by atoms with E-state index in [1.807, 2.05) is 84.9 Å². The van der Waals surface area contributed by atoms with E-state index < -0.39 is 0 Å². The molecule has 2 amide bonds. The summed E-state index contributed by atoms with van der Waals surface area (Å²) in [5.41, 5.74) is 3.85. The van der Waals surface area contributed by atoms with Gasteiger partial charge in [-0.1, -0.05) is 86.6 Å². The Morgan fingerprint density at radius 1 is 0.812 bits per heavy atom. The zero-order valence-electron chi connectivity index (χ0n) is 18.8. The number of esters is 1. The first-order valence-electron chi connectivity index (χ1n) is 10.8. The third-order valence-electron chi connectivity index (χ3n) is 5.42. The maximum absolute atomic E-state index is 13.5. The number of amides is 2. The zero-order valence-corrected chi connectivity index (χ0v) is 18.8. The normalized spacial score (nSPS) is 10.8. The van der Waals surface area contributed by atoms with Crippen molar-refractivity contribution in [2.75, 3.05) is 19.0 Å². The first-order valence-corrected chi connectivity index (χ1v) is 10.8. The van der Waals surface area contributed by atoms with E-state index in [0.717, 1.165) is 11.1 Å². The highest BCUT2D eigenvalue weighted by Crippen LogP contribution is 2.30. The number of nitrogens with zero attached hydrogens (tertiary/aromatic N) is 1. The number of benzene rings is 3. The number of hydrogen-bond acceptors (Lipinski definition) is 3. The van der Waals surface area contributed by atoms with Gasteiger partial charge in [-0.15, -0.1) is 0 Å². The summed E-state index contributed by atoms with van der Waals surface area (Å²) < 4.78 is 4.83. The number of rotatable bonds is 8. The van der Waals surface area contributed by atoms with Crippen molar-refractivity contribution >= 4 is 17.7 Å². The van der Waals surface area contributed by atoms with Gasteiger partial charge in [-0.2, -0.15) is 0 Å². The molecule has 0 aromatic heterocycles. The maximum Gasteiger partial charge on any atom is 0.322 e. The van der Waals surface area contributed by atoms with Gasteiger partial charge in [0.2, 0.25) is 0 Å². The van der Waals surface area contributed by atoms with Gasteiger partial charge in [0.25, 0.3) is 0 Å². The summed E-state index contributed by atoms with van der Waals surface area (Å²) in [6, 6.07) is 26.9. The molecule has 5 nitrogen and oxygen atoms in total. The van der Waals surface area contributed by atoms with Crippen LogP contribution in [0.25, 0.3) is 0 Å². The van der Waals surface area contributed by atoms with E-state index in [9.17, 15) is 9.59 Å². The summed E-state index contributed by atoms with van der Waals surface area (Å²) in [5.74, 6) is 0.0563. The van der Waals surface area contributed by atoms with Crippen LogP contribution in [0.2, 0.25) is 0 Å². The molecule has 0 atom stereocenters. The minimum absolute atomic E-state index is 0.104. The number of ether oxygens (including phenoxy) is 1. The number of urea groups is 1. The molecule has 0 radical (unpaired) electrons. The maximum atomic E-state index is 13.5. The number of anilines is 1. The monoisotopic (exact) mass is 430 g/mol. The highest BCUT2D eigenvalue weighted by molar-refractivity contribution is 5.90. The Labute approximate surface area is 190 Å². The molecule has 0 bridgehead atoms. The summed E-state index contributed by atoms with van der Waals surface area (Å²) in [6.45, 7) is 4.48. The van der Waals surface area contributed by atoms with Crippen molar-refractivity contribution in [3.05, 3.63) is 102 Å². The molecule has 5 heteroatoms. The largest absolute Gasteiger partial charge is 0.469 e. The average Bonchev–Trinajstić information content (AvgIpc) is 2.82. The molecule has 0 spiro atoms. The summed E-state index contributed by atoms with van der Waals surface area (Å²) in [7, 11) is 1.36. The number of methoxy groups -OCH3 is 1. The fourth-order valence-corrected chi connectivity index (χ4v) is 3.63. The summed E-state index contributed by atoms with van der Waals surface area (Å²) >= 11 is 0. The Balaban J connectivity index is 1.94. The van der Waals surface area contributed by atoms with E-state index in [2.05, 4.69) is 19.2 Å². The molecule has 0 aliphatic carbocycles. The van der Waals surface area contributed by atoms with E-state index >= 15 is 0 Å². The third-order valence-corrected chi connectivity index (χ3v) is 5.42. The van der Waals surface area contributed by atoms with E-state index in [1.54, 1.807) is 4.90 Å². The number of hydrogen-bond donors (Lipinski definition) is 1. The fraction of sp³-hybridized carbons (Fsp3) is 0.259. The number of carbonyl (C=O) groups is 2. The van der Waals surface area contributed by atoms with Gasteiger partial charge >= 0.3 is 12.0 Å². The lowest BCUT2D eigenvalue weighted by Gasteiger charge is -2.32. The minimum atomic E-state index is -0.357. The molecule has 3 aromatic carbocycles. The molecule has 0 aliphatic heterocycles. The van der Waals surface area contributed by atoms with Gasteiger partial charge in [0.1, 0.15) is 0 Å². The van der Waals surface area contributed by atoms with Crippen LogP contribution in [0, 0.1) is 0 Å². The predicted molar refractivity (Wildman–Crippen MR) is 128 cm³/mol. The van der Waals surface area contributed by atoms with Crippen molar-refractivity contribution in [2.45, 2.75) is 32.2 Å². The van der Waals surface area contributed by atoms with E-state index in [0.29, 0.717) is 11.6 Å². The second-order valence-electron chi connectivity index (χ2n) is 7.95. The van der Waals surface area contributed by atoms with Crippen LogP contribution < -0.4 is 5.32 Å². The van der Waals surface area contributed by atoms with Crippen LogP contribution in [0.5, 0.6) is 0 Å². The van der Waals surface area contributed by atoms with Crippen molar-refractivity contribution in [2.24, 2.45) is 0 Å². The second-order valence-corrected chi connectivity index (χ2v) is 7.95. The van der Waals surface area contributed by atoms with Crippen molar-refractivity contribution in [3.8, 4) is 0 Å². The lowest BCUT2D eigenvalue weighted by atomic mass is 9.97. The van der Waals surface area contributed by atoms with Crippen LogP contribution in [0.3, 0.4) is 0 Å². The average molecular weight is 431 g/mol. The fourth-order valence-electron chi connectivity index (χ4n) is 3.63. The molecule has 0 saturated heterocycles. The lowest BCUT2D eigenvalue weighted by Crippen LogP contribution is -2.40. The molecule has 0 heterocycles. The van der Waals surface area contributed by atoms with Crippen LogP contribution >= 0.6 is 0 Å². The number of carbonyl (C=O) groups excluding carboxylic acids is 2. The molecule has 166 valence electrons. The Hall–Kier alpha value is -3.60. The van der Waals surface area contributed by atoms with Gasteiger partial charge < -0.3 is 15.0 Å². The molecule has 0 fully saturated rings. The van der Waals surface area contributed by atoms with Crippen LogP contribution in [-0.2, 0) is 9.53 Å². The molecule has 1 N–H and O–H groups in total. The second kappa shape index (κ2) is 11.1. The lowest BCUT2D eigenvalue weighted by molar-refractivity contribution is -0.140. The Morgan fingerprint density at radius 2 is 1.34 bits per heavy atom. The smallest absolute Gasteiger partial charge is 0.322 e. The first-order chi connectivity index (χ1) is 15.5. The predicted octanol–water partition coefficient (Wildman–Crippen LogP) is 6.00. The molecular formula is C27H30N2O3. The van der Waals surface area contributed by atoms with Crippen molar-refractivity contribution in [1.29, 1.82) is 0 Å². The van der Waals surface area contributed by atoms with Gasteiger partial charge in [-0.05, 0) is 34.7 Å². The van der Waals surface area contributed by atoms with Gasteiger partial charge in [0.15, 0.2) is 0 Å². The quantitative estimate of drug-likeness (QED) is 0.446. The molecule has 0 saturated carbocycles.